The van der Waals surface area contributed by atoms with Gasteiger partial charge in [-0.05, 0) is 50.7 Å². The van der Waals surface area contributed by atoms with Crippen molar-refractivity contribution < 1.29 is 36.9 Å². The quantitative estimate of drug-likeness (QED) is 0.596. The van der Waals surface area contributed by atoms with Gasteiger partial charge in [-0.15, -0.1) is 18.3 Å². The molecule has 33 heavy (non-hydrogen) atoms. The molecule has 180 valence electrons. The van der Waals surface area contributed by atoms with E-state index in [-0.39, 0.29) is 41.6 Å². The molecule has 2 bridgehead atoms. The Kier molecular flexibility index (Phi) is 5.97. The number of ether oxygens (including phenoxy) is 2. The Hall–Kier alpha value is -3.25. The summed E-state index contributed by atoms with van der Waals surface area (Å²) in [6.45, 7) is 4.54. The average Bonchev–Trinajstić information content (AvgIpc) is 3.19. The predicted molar refractivity (Wildman–Crippen MR) is 107 cm³/mol. The summed E-state index contributed by atoms with van der Waals surface area (Å²) in [5.74, 6) is -1.73. The van der Waals surface area contributed by atoms with E-state index in [1.165, 1.54) is 9.58 Å². The van der Waals surface area contributed by atoms with Gasteiger partial charge in [-0.2, -0.15) is 4.98 Å². The van der Waals surface area contributed by atoms with Crippen LogP contribution in [-0.2, 0) is 0 Å². The number of amides is 1. The molecule has 1 saturated heterocycles. The molecule has 0 unspecified atom stereocenters. The molecule has 13 heteroatoms. The van der Waals surface area contributed by atoms with E-state index in [9.17, 15) is 27.5 Å². The van der Waals surface area contributed by atoms with Gasteiger partial charge in [0.2, 0.25) is 5.95 Å². The number of hydrogen-bond donors (Lipinski definition) is 2. The molecular weight excluding hydrogens is 450 g/mol. The molecule has 2 N–H and O–H groups in total. The Morgan fingerprint density at radius 2 is 1.91 bits per heavy atom. The number of fused-ring (bicyclic) bond motifs is 2. The second-order valence-electron chi connectivity index (χ2n) is 8.45. The van der Waals surface area contributed by atoms with E-state index in [1.54, 1.807) is 0 Å². The number of carboxylic acid groups (broad SMARTS) is 1. The number of piperidine rings is 1. The zero-order chi connectivity index (χ0) is 23.9. The smallest absolute Gasteiger partial charge is 0.465 e. The lowest BCUT2D eigenvalue weighted by Crippen LogP contribution is -2.49. The van der Waals surface area contributed by atoms with Crippen molar-refractivity contribution >= 4 is 12.0 Å². The number of rotatable bonds is 6. The van der Waals surface area contributed by atoms with Crippen molar-refractivity contribution in [2.75, 3.05) is 18.4 Å². The fraction of sp³-hybridized carbons (Fsp3) is 0.550. The molecule has 1 amide bonds. The van der Waals surface area contributed by atoms with Crippen molar-refractivity contribution in [1.82, 2.24) is 19.7 Å². The highest BCUT2D eigenvalue weighted by molar-refractivity contribution is 5.65. The Balaban J connectivity index is 1.50. The fourth-order valence-electron chi connectivity index (χ4n) is 4.40. The van der Waals surface area contributed by atoms with Crippen LogP contribution < -0.4 is 14.8 Å². The lowest BCUT2D eigenvalue weighted by molar-refractivity contribution is -0.275. The van der Waals surface area contributed by atoms with Gasteiger partial charge in [-0.1, -0.05) is 0 Å². The first-order valence-corrected chi connectivity index (χ1v) is 10.4. The number of halogens is 4. The van der Waals surface area contributed by atoms with Gasteiger partial charge in [0.1, 0.15) is 5.75 Å². The van der Waals surface area contributed by atoms with Gasteiger partial charge in [0.05, 0.1) is 6.04 Å². The highest BCUT2D eigenvalue weighted by Crippen LogP contribution is 2.39. The topological polar surface area (TPSA) is 102 Å². The maximum Gasteiger partial charge on any atom is 0.573 e. The van der Waals surface area contributed by atoms with Crippen LogP contribution in [0.15, 0.2) is 18.2 Å². The van der Waals surface area contributed by atoms with Crippen LogP contribution in [0, 0.1) is 17.7 Å². The third-order valence-corrected chi connectivity index (χ3v) is 5.83. The highest BCUT2D eigenvalue weighted by Gasteiger charge is 2.44. The summed E-state index contributed by atoms with van der Waals surface area (Å²) in [5, 5.41) is 17.0. The first-order valence-electron chi connectivity index (χ1n) is 10.4. The van der Waals surface area contributed by atoms with E-state index in [2.05, 4.69) is 20.1 Å². The summed E-state index contributed by atoms with van der Waals surface area (Å²) in [4.78, 5) is 17.1. The Bertz CT molecular complexity index is 1010. The molecule has 3 atom stereocenters. The zero-order valence-electron chi connectivity index (χ0n) is 17.8. The molecule has 0 spiro atoms. The Morgan fingerprint density at radius 3 is 2.45 bits per heavy atom. The number of alkyl halides is 3. The van der Waals surface area contributed by atoms with Crippen LogP contribution >= 0.6 is 0 Å². The molecule has 1 aliphatic heterocycles. The molecule has 2 aliphatic rings. The molecule has 1 aromatic carbocycles. The van der Waals surface area contributed by atoms with Crippen molar-refractivity contribution in [1.29, 1.82) is 0 Å². The zero-order valence-corrected chi connectivity index (χ0v) is 17.8. The lowest BCUT2D eigenvalue weighted by Gasteiger charge is -2.36. The normalized spacial score (nSPS) is 22.5. The molecule has 2 aromatic rings. The van der Waals surface area contributed by atoms with Gasteiger partial charge >= 0.3 is 18.5 Å². The Morgan fingerprint density at radius 1 is 1.24 bits per heavy atom. The molecule has 0 radical (unpaired) electrons. The van der Waals surface area contributed by atoms with Gasteiger partial charge in [-0.25, -0.2) is 13.9 Å². The van der Waals surface area contributed by atoms with Crippen molar-refractivity contribution in [3.63, 3.8) is 0 Å². The first-order chi connectivity index (χ1) is 15.5. The molecule has 1 saturated carbocycles. The number of likely N-dealkylation sites (tertiary alicyclic amines) is 1. The summed E-state index contributed by atoms with van der Waals surface area (Å²) in [6, 6.07) is 2.60. The van der Waals surface area contributed by atoms with Crippen molar-refractivity contribution in [2.45, 2.75) is 45.1 Å². The number of anilines is 1. The first kappa shape index (κ1) is 22.9. The van der Waals surface area contributed by atoms with Gasteiger partial charge in [-0.3, -0.25) is 0 Å². The number of carbonyl (C=O) groups is 1. The third kappa shape index (κ3) is 5.06. The lowest BCUT2D eigenvalue weighted by atomic mass is 9.92. The van der Waals surface area contributed by atoms with E-state index in [0.29, 0.717) is 13.1 Å². The van der Waals surface area contributed by atoms with Crippen LogP contribution in [0.5, 0.6) is 17.5 Å². The molecule has 2 heterocycles. The van der Waals surface area contributed by atoms with Crippen LogP contribution in [-0.4, -0.2) is 56.4 Å². The monoisotopic (exact) mass is 473 g/mol. The van der Waals surface area contributed by atoms with Crippen molar-refractivity contribution in [3.05, 3.63) is 24.0 Å². The largest absolute Gasteiger partial charge is 0.573 e. The van der Waals surface area contributed by atoms with Crippen LogP contribution in [0.25, 0.3) is 0 Å². The van der Waals surface area contributed by atoms with Gasteiger partial charge in [0.15, 0.2) is 11.6 Å². The number of benzene rings is 1. The number of hydrogen-bond acceptors (Lipinski definition) is 6. The Labute approximate surface area is 186 Å². The van der Waals surface area contributed by atoms with E-state index >= 15 is 0 Å². The van der Waals surface area contributed by atoms with E-state index in [1.807, 2.05) is 13.8 Å². The van der Waals surface area contributed by atoms with E-state index in [4.69, 9.17) is 4.74 Å². The van der Waals surface area contributed by atoms with Gasteiger partial charge in [0.25, 0.3) is 0 Å². The minimum atomic E-state index is -5.01. The standard InChI is InChI=1S/C20H23F4N5O4/c1-10(2)29-18(32-13-5-6-15(14(21)7-13)33-20(22,23)24)26-17(27-29)25-16-11-3-4-12(16)9-28(8-11)19(30)31/h5-7,10-12,16H,3-4,8-9H2,1-2H3,(H,25,27)(H,30,31)/t11-,12+,16-. The second-order valence-corrected chi connectivity index (χ2v) is 8.45. The minimum absolute atomic E-state index is 0.00714. The summed E-state index contributed by atoms with van der Waals surface area (Å²) >= 11 is 0. The van der Waals surface area contributed by atoms with Crippen molar-refractivity contribution in [2.24, 2.45) is 11.8 Å². The van der Waals surface area contributed by atoms with E-state index in [0.717, 1.165) is 31.0 Å². The number of nitrogens with one attached hydrogen (secondary N) is 1. The van der Waals surface area contributed by atoms with Crippen LogP contribution in [0.4, 0.5) is 28.3 Å². The highest BCUT2D eigenvalue weighted by atomic mass is 19.4. The van der Waals surface area contributed by atoms with Crippen LogP contribution in [0.2, 0.25) is 0 Å². The van der Waals surface area contributed by atoms with Crippen LogP contribution in [0.1, 0.15) is 32.7 Å². The second kappa shape index (κ2) is 8.60. The number of aromatic nitrogens is 3. The summed E-state index contributed by atoms with van der Waals surface area (Å²) in [5.41, 5.74) is 0. The predicted octanol–water partition coefficient (Wildman–Crippen LogP) is 4.49. The summed E-state index contributed by atoms with van der Waals surface area (Å²) in [6.07, 6.45) is -4.15. The van der Waals surface area contributed by atoms with Gasteiger partial charge < -0.3 is 24.8 Å². The SMILES string of the molecule is CC(C)n1nc(N[C@@H]2[C@@H]3CC[C@H]2CN(C(=O)O)C3)nc1Oc1ccc(OC(F)(F)F)c(F)c1. The minimum Gasteiger partial charge on any atom is -0.465 e. The number of nitrogens with zero attached hydrogens (tertiary/aromatic N) is 4. The van der Waals surface area contributed by atoms with Crippen molar-refractivity contribution in [3.8, 4) is 17.5 Å². The maximum atomic E-state index is 14.0. The maximum absolute atomic E-state index is 14.0. The molecule has 1 aliphatic carbocycles. The molecule has 2 fully saturated rings. The molecular formula is C20H23F4N5O4. The summed E-state index contributed by atoms with van der Waals surface area (Å²) in [7, 11) is 0. The van der Waals surface area contributed by atoms with E-state index < -0.39 is 24.0 Å². The fourth-order valence-corrected chi connectivity index (χ4v) is 4.40. The molecule has 9 nitrogen and oxygen atoms in total. The third-order valence-electron chi connectivity index (χ3n) is 5.83. The molecule has 1 aromatic heterocycles. The average molecular weight is 473 g/mol. The van der Waals surface area contributed by atoms with Gasteiger partial charge in [0, 0.05) is 25.2 Å². The molecule has 4 rings (SSSR count). The summed E-state index contributed by atoms with van der Waals surface area (Å²) < 4.78 is 61.8. The van der Waals surface area contributed by atoms with Crippen LogP contribution in [0.3, 0.4) is 0 Å².